The lowest BCUT2D eigenvalue weighted by Crippen LogP contribution is -2.35. The molecule has 1 rings (SSSR count). The van der Waals surface area contributed by atoms with Crippen LogP contribution < -0.4 is 0 Å². The Morgan fingerprint density at radius 1 is 1.41 bits per heavy atom. The predicted octanol–water partition coefficient (Wildman–Crippen LogP) is 2.86. The Balaban J connectivity index is 2.30. The smallest absolute Gasteiger partial charge is 0.311 e. The molecule has 1 aliphatic carbocycles. The molecule has 1 unspecified atom stereocenters. The number of hydrogen-bond donors (Lipinski definition) is 0. The van der Waals surface area contributed by atoms with E-state index in [9.17, 15) is 4.79 Å². The normalized spacial score (nSPS) is 26.9. The van der Waals surface area contributed by atoms with Crippen LogP contribution in [0.1, 0.15) is 46.0 Å². The van der Waals surface area contributed by atoms with Crippen LogP contribution >= 0.6 is 9.47 Å². The number of hydrogen-bond acceptors (Lipinski definition) is 3. The van der Waals surface area contributed by atoms with Gasteiger partial charge in [-0.3, -0.25) is 4.79 Å². The van der Waals surface area contributed by atoms with Crippen LogP contribution in [-0.4, -0.2) is 30.5 Å². The van der Waals surface area contributed by atoms with Gasteiger partial charge in [0.15, 0.2) is 0 Å². The molecule has 0 bridgehead atoms. The van der Waals surface area contributed by atoms with E-state index in [2.05, 4.69) is 35.3 Å². The summed E-state index contributed by atoms with van der Waals surface area (Å²) in [5, 5.41) is 0. The highest BCUT2D eigenvalue weighted by Gasteiger charge is 2.27. The van der Waals surface area contributed by atoms with Gasteiger partial charge in [-0.25, -0.2) is 0 Å². The van der Waals surface area contributed by atoms with Crippen molar-refractivity contribution in [3.05, 3.63) is 0 Å². The quantitative estimate of drug-likeness (QED) is 0.711. The van der Waals surface area contributed by atoms with Crippen LogP contribution in [0.2, 0.25) is 0 Å². The molecule has 0 amide bonds. The van der Waals surface area contributed by atoms with Gasteiger partial charge in [-0.15, -0.1) is 0 Å². The first kappa shape index (κ1) is 14.9. The molecule has 2 atom stereocenters. The highest BCUT2D eigenvalue weighted by molar-refractivity contribution is 7.10. The fraction of sp³-hybridized carbons (Fsp3) is 0.923. The lowest BCUT2D eigenvalue weighted by molar-refractivity contribution is -0.139. The molecular formula is C13H26NO2P. The first-order valence-electron chi connectivity index (χ1n) is 6.69. The Morgan fingerprint density at radius 2 is 2.00 bits per heavy atom. The Hall–Kier alpha value is -0.140. The number of rotatable bonds is 5. The van der Waals surface area contributed by atoms with Crippen LogP contribution in [-0.2, 0) is 9.32 Å². The van der Waals surface area contributed by atoms with E-state index in [1.807, 2.05) is 0 Å². The lowest BCUT2D eigenvalue weighted by atomic mass is 9.82. The van der Waals surface area contributed by atoms with Crippen LogP contribution in [0.25, 0.3) is 0 Å². The summed E-state index contributed by atoms with van der Waals surface area (Å²) < 4.78 is 4.73. The van der Waals surface area contributed by atoms with Gasteiger partial charge in [0.1, 0.15) is 0 Å². The van der Waals surface area contributed by atoms with Crippen molar-refractivity contribution in [2.24, 2.45) is 11.8 Å². The van der Waals surface area contributed by atoms with Crippen LogP contribution in [0.15, 0.2) is 0 Å². The molecule has 1 fully saturated rings. The maximum absolute atomic E-state index is 11.4. The van der Waals surface area contributed by atoms with Gasteiger partial charge in [-0.1, -0.05) is 6.92 Å². The zero-order valence-corrected chi connectivity index (χ0v) is 12.5. The molecule has 0 saturated heterocycles. The van der Waals surface area contributed by atoms with Gasteiger partial charge in [-0.2, -0.15) is 0 Å². The van der Waals surface area contributed by atoms with Gasteiger partial charge in [-0.05, 0) is 52.0 Å². The van der Waals surface area contributed by atoms with Crippen molar-refractivity contribution in [1.82, 2.24) is 4.90 Å². The molecule has 0 aromatic heterocycles. The summed E-state index contributed by atoms with van der Waals surface area (Å²) in [7, 11) is 4.27. The number of nitrogens with zero attached hydrogens (tertiary/aromatic N) is 1. The minimum absolute atomic E-state index is 0.0521. The van der Waals surface area contributed by atoms with E-state index in [4.69, 9.17) is 4.52 Å². The second kappa shape index (κ2) is 7.33. The Labute approximate surface area is 108 Å². The maximum Gasteiger partial charge on any atom is 0.311 e. The second-order valence-corrected chi connectivity index (χ2v) is 5.59. The molecule has 17 heavy (non-hydrogen) atoms. The van der Waals surface area contributed by atoms with Crippen LogP contribution in [0.3, 0.4) is 0 Å². The van der Waals surface area contributed by atoms with Gasteiger partial charge in [0, 0.05) is 12.6 Å². The molecule has 4 heteroatoms. The molecule has 3 nitrogen and oxygen atoms in total. The van der Waals surface area contributed by atoms with E-state index in [1.165, 1.54) is 6.42 Å². The molecule has 0 aromatic carbocycles. The fourth-order valence-electron chi connectivity index (χ4n) is 2.58. The third kappa shape index (κ3) is 4.56. The zero-order chi connectivity index (χ0) is 12.8. The van der Waals surface area contributed by atoms with Crippen molar-refractivity contribution in [2.75, 3.05) is 13.6 Å². The maximum atomic E-state index is 11.4. The van der Waals surface area contributed by atoms with E-state index >= 15 is 0 Å². The van der Waals surface area contributed by atoms with Gasteiger partial charge < -0.3 is 9.42 Å². The fourth-order valence-corrected chi connectivity index (χ4v) is 2.77. The Bertz CT molecular complexity index is 240. The molecule has 100 valence electrons. The summed E-state index contributed by atoms with van der Waals surface area (Å²) in [6.45, 7) is 5.67. The monoisotopic (exact) mass is 259 g/mol. The van der Waals surface area contributed by atoms with Crippen LogP contribution in [0, 0.1) is 11.8 Å². The summed E-state index contributed by atoms with van der Waals surface area (Å²) in [6.07, 6.45) is 5.50. The van der Waals surface area contributed by atoms with Crippen LogP contribution in [0.5, 0.6) is 0 Å². The summed E-state index contributed by atoms with van der Waals surface area (Å²) in [5.74, 6) is 0.837. The third-order valence-corrected chi connectivity index (χ3v) is 4.42. The zero-order valence-electron chi connectivity index (χ0n) is 11.3. The predicted molar refractivity (Wildman–Crippen MR) is 73.6 cm³/mol. The first-order chi connectivity index (χ1) is 8.08. The van der Waals surface area contributed by atoms with E-state index in [1.54, 1.807) is 0 Å². The number of carbonyl (C=O) groups excluding carboxylic acids is 1. The summed E-state index contributed by atoms with van der Waals surface area (Å²) in [4.78, 5) is 13.8. The largest absolute Gasteiger partial charge is 0.451 e. The topological polar surface area (TPSA) is 29.5 Å². The summed E-state index contributed by atoms with van der Waals surface area (Å²) >= 11 is 0. The van der Waals surface area contributed by atoms with E-state index in [0.29, 0.717) is 6.04 Å². The molecule has 1 saturated carbocycles. The van der Waals surface area contributed by atoms with Gasteiger partial charge in [0.2, 0.25) is 0 Å². The Kier molecular flexibility index (Phi) is 6.43. The van der Waals surface area contributed by atoms with Gasteiger partial charge in [0.05, 0.1) is 15.4 Å². The van der Waals surface area contributed by atoms with Crippen LogP contribution in [0.4, 0.5) is 0 Å². The van der Waals surface area contributed by atoms with Crippen molar-refractivity contribution in [2.45, 2.75) is 52.0 Å². The molecule has 0 aliphatic heterocycles. The molecule has 0 N–H and O–H groups in total. The van der Waals surface area contributed by atoms with Crippen molar-refractivity contribution in [1.29, 1.82) is 0 Å². The van der Waals surface area contributed by atoms with Crippen molar-refractivity contribution in [3.63, 3.8) is 0 Å². The van der Waals surface area contributed by atoms with Gasteiger partial charge in [0.25, 0.3) is 0 Å². The van der Waals surface area contributed by atoms with E-state index < -0.39 is 0 Å². The molecular weight excluding hydrogens is 233 g/mol. The molecule has 0 heterocycles. The molecule has 0 spiro atoms. The highest BCUT2D eigenvalue weighted by atomic mass is 31.0. The minimum Gasteiger partial charge on any atom is -0.451 e. The molecule has 0 radical (unpaired) electrons. The number of carbonyl (C=O) groups is 1. The Morgan fingerprint density at radius 3 is 2.47 bits per heavy atom. The minimum atomic E-state index is -0.0521. The van der Waals surface area contributed by atoms with Crippen molar-refractivity contribution >= 4 is 15.4 Å². The summed E-state index contributed by atoms with van der Waals surface area (Å²) in [6, 6.07) is 0.657. The van der Waals surface area contributed by atoms with Crippen molar-refractivity contribution < 1.29 is 9.32 Å². The van der Waals surface area contributed by atoms with Gasteiger partial charge >= 0.3 is 5.97 Å². The van der Waals surface area contributed by atoms with E-state index in [0.717, 1.165) is 38.1 Å². The second-order valence-electron chi connectivity index (χ2n) is 5.35. The summed E-state index contributed by atoms with van der Waals surface area (Å²) in [5.41, 5.74) is 0. The van der Waals surface area contributed by atoms with E-state index in [-0.39, 0.29) is 11.9 Å². The lowest BCUT2D eigenvalue weighted by Gasteiger charge is -2.32. The standard InChI is InChI=1S/C13H26NO2P/c1-4-10(2)14(3)9-11-5-7-12(8-6-11)13(15)16-17/h10-12H,4-9,17H2,1-3H3/t10-,11?,12?/m0/s1. The SMILES string of the molecule is CC[C@H](C)N(C)CC1CCC(C(=O)OP)CC1. The highest BCUT2D eigenvalue weighted by Crippen LogP contribution is 2.30. The van der Waals surface area contributed by atoms with Crippen molar-refractivity contribution in [3.8, 4) is 0 Å². The average molecular weight is 259 g/mol. The average Bonchev–Trinajstić information content (AvgIpc) is 2.37. The molecule has 1 aliphatic rings. The molecule has 0 aromatic rings. The third-order valence-electron chi connectivity index (χ3n) is 4.19. The first-order valence-corrected chi connectivity index (χ1v) is 7.16.